The molecule has 2 atom stereocenters. The molecule has 6 heteroatoms. The summed E-state index contributed by atoms with van der Waals surface area (Å²) in [4.78, 5) is 28.1. The summed E-state index contributed by atoms with van der Waals surface area (Å²) in [5, 5.41) is 8.92. The zero-order valence-corrected chi connectivity index (χ0v) is 18.0. The summed E-state index contributed by atoms with van der Waals surface area (Å²) in [6.07, 6.45) is 3.00. The quantitative estimate of drug-likeness (QED) is 0.617. The first-order chi connectivity index (χ1) is 14.9. The standard InChI is InChI=1S/C25H27N3O3/c1-4-5-21-14-22(28(25(21)30)16-24(29)27(2)3)17-31-23-12-10-20(11-13-23)19-8-6-18(15-26)7-9-19/h4,6-13,21-22H,1,5,14,16-17H2,2-3H3/t21-,22+/m1/s1. The number of rotatable bonds is 8. The van der Waals surface area contributed by atoms with Crippen LogP contribution in [0.1, 0.15) is 18.4 Å². The molecule has 0 bridgehead atoms. The second-order valence-corrected chi connectivity index (χ2v) is 7.89. The molecule has 0 aliphatic carbocycles. The molecule has 1 heterocycles. The fraction of sp³-hybridized carbons (Fsp3) is 0.320. The van der Waals surface area contributed by atoms with Gasteiger partial charge in [0.25, 0.3) is 0 Å². The molecular formula is C25H27N3O3. The van der Waals surface area contributed by atoms with Crippen molar-refractivity contribution in [3.8, 4) is 22.9 Å². The SMILES string of the molecule is C=CC[C@@H]1C[C@@H](COc2ccc(-c3ccc(C#N)cc3)cc2)N(CC(=O)N(C)C)C1=O. The molecule has 0 radical (unpaired) electrons. The Morgan fingerprint density at radius 1 is 1.19 bits per heavy atom. The van der Waals surface area contributed by atoms with E-state index in [9.17, 15) is 9.59 Å². The van der Waals surface area contributed by atoms with E-state index in [2.05, 4.69) is 12.6 Å². The van der Waals surface area contributed by atoms with Crippen LogP contribution in [-0.4, -0.2) is 54.9 Å². The van der Waals surface area contributed by atoms with Crippen molar-refractivity contribution in [3.05, 3.63) is 66.7 Å². The Hall–Kier alpha value is -3.59. The number of carbonyl (C=O) groups excluding carboxylic acids is 2. The average Bonchev–Trinajstić information content (AvgIpc) is 3.07. The van der Waals surface area contributed by atoms with Gasteiger partial charge in [0.2, 0.25) is 11.8 Å². The highest BCUT2D eigenvalue weighted by Gasteiger charge is 2.40. The third kappa shape index (κ3) is 5.32. The molecule has 0 N–H and O–H groups in total. The van der Waals surface area contributed by atoms with Gasteiger partial charge in [-0.1, -0.05) is 30.3 Å². The van der Waals surface area contributed by atoms with Crippen LogP contribution >= 0.6 is 0 Å². The molecule has 1 aliphatic rings. The van der Waals surface area contributed by atoms with Crippen molar-refractivity contribution in [2.75, 3.05) is 27.2 Å². The fourth-order valence-corrected chi connectivity index (χ4v) is 3.69. The number of likely N-dealkylation sites (N-methyl/N-ethyl adjacent to an activating group) is 1. The molecule has 1 saturated heterocycles. The normalized spacial score (nSPS) is 17.8. The minimum atomic E-state index is -0.153. The smallest absolute Gasteiger partial charge is 0.241 e. The van der Waals surface area contributed by atoms with E-state index in [4.69, 9.17) is 10.00 Å². The number of hydrogen-bond acceptors (Lipinski definition) is 4. The Morgan fingerprint density at radius 3 is 2.35 bits per heavy atom. The van der Waals surface area contributed by atoms with E-state index >= 15 is 0 Å². The van der Waals surface area contributed by atoms with Gasteiger partial charge in [-0.25, -0.2) is 0 Å². The summed E-state index contributed by atoms with van der Waals surface area (Å²) in [7, 11) is 3.37. The molecule has 3 rings (SSSR count). The monoisotopic (exact) mass is 417 g/mol. The van der Waals surface area contributed by atoms with E-state index in [1.807, 2.05) is 36.4 Å². The highest BCUT2D eigenvalue weighted by molar-refractivity contribution is 5.87. The first kappa shape index (κ1) is 22.1. The summed E-state index contributed by atoms with van der Waals surface area (Å²) in [6, 6.07) is 17.1. The minimum Gasteiger partial charge on any atom is -0.491 e. The molecule has 2 aromatic rings. The summed E-state index contributed by atoms with van der Waals surface area (Å²) in [5.74, 6) is 0.431. The second-order valence-electron chi connectivity index (χ2n) is 7.89. The first-order valence-corrected chi connectivity index (χ1v) is 10.3. The van der Waals surface area contributed by atoms with E-state index in [1.54, 1.807) is 37.2 Å². The van der Waals surface area contributed by atoms with Gasteiger partial charge in [-0.15, -0.1) is 6.58 Å². The van der Waals surface area contributed by atoms with Crippen LogP contribution in [0.4, 0.5) is 0 Å². The number of allylic oxidation sites excluding steroid dienone is 1. The van der Waals surface area contributed by atoms with Crippen LogP contribution in [0.5, 0.6) is 5.75 Å². The Morgan fingerprint density at radius 2 is 1.81 bits per heavy atom. The number of ether oxygens (including phenoxy) is 1. The van der Waals surface area contributed by atoms with Gasteiger partial charge in [-0.2, -0.15) is 5.26 Å². The second kappa shape index (κ2) is 9.94. The van der Waals surface area contributed by atoms with Crippen LogP contribution in [0.25, 0.3) is 11.1 Å². The van der Waals surface area contributed by atoms with Gasteiger partial charge in [-0.05, 0) is 48.2 Å². The third-order valence-electron chi connectivity index (χ3n) is 5.53. The number of nitrogens with zero attached hydrogens (tertiary/aromatic N) is 3. The van der Waals surface area contributed by atoms with Crippen molar-refractivity contribution in [2.45, 2.75) is 18.9 Å². The highest BCUT2D eigenvalue weighted by Crippen LogP contribution is 2.29. The van der Waals surface area contributed by atoms with Crippen LogP contribution in [0.3, 0.4) is 0 Å². The zero-order chi connectivity index (χ0) is 22.4. The summed E-state index contributed by atoms with van der Waals surface area (Å²) in [6.45, 7) is 4.13. The molecule has 1 aliphatic heterocycles. The molecule has 0 unspecified atom stereocenters. The van der Waals surface area contributed by atoms with Gasteiger partial charge >= 0.3 is 0 Å². The minimum absolute atomic E-state index is 0.0140. The predicted molar refractivity (Wildman–Crippen MR) is 119 cm³/mol. The molecule has 2 amide bonds. The average molecular weight is 418 g/mol. The zero-order valence-electron chi connectivity index (χ0n) is 18.0. The van der Waals surface area contributed by atoms with Crippen molar-refractivity contribution in [1.29, 1.82) is 5.26 Å². The van der Waals surface area contributed by atoms with Crippen LogP contribution in [-0.2, 0) is 9.59 Å². The highest BCUT2D eigenvalue weighted by atomic mass is 16.5. The van der Waals surface area contributed by atoms with E-state index in [0.29, 0.717) is 30.8 Å². The van der Waals surface area contributed by atoms with E-state index in [0.717, 1.165) is 11.1 Å². The van der Waals surface area contributed by atoms with Crippen molar-refractivity contribution >= 4 is 11.8 Å². The molecule has 0 aromatic heterocycles. The number of likely N-dealkylation sites (tertiary alicyclic amines) is 1. The molecule has 1 fully saturated rings. The van der Waals surface area contributed by atoms with Gasteiger partial charge in [0, 0.05) is 20.0 Å². The largest absolute Gasteiger partial charge is 0.491 e. The fourth-order valence-electron chi connectivity index (χ4n) is 3.69. The van der Waals surface area contributed by atoms with E-state index < -0.39 is 0 Å². The Balaban J connectivity index is 1.66. The number of hydrogen-bond donors (Lipinski definition) is 0. The van der Waals surface area contributed by atoms with E-state index in [-0.39, 0.29) is 30.3 Å². The number of carbonyl (C=O) groups is 2. The summed E-state index contributed by atoms with van der Waals surface area (Å²) < 4.78 is 5.98. The Bertz CT molecular complexity index is 975. The molecule has 0 saturated carbocycles. The van der Waals surface area contributed by atoms with Crippen molar-refractivity contribution in [3.63, 3.8) is 0 Å². The lowest BCUT2D eigenvalue weighted by molar-refractivity contribution is -0.139. The Kier molecular flexibility index (Phi) is 7.09. The van der Waals surface area contributed by atoms with Gasteiger partial charge in [0.1, 0.15) is 18.9 Å². The van der Waals surface area contributed by atoms with Crippen molar-refractivity contribution in [2.24, 2.45) is 5.92 Å². The lowest BCUT2D eigenvalue weighted by Crippen LogP contribution is -2.44. The maximum Gasteiger partial charge on any atom is 0.241 e. The number of nitriles is 1. The number of benzene rings is 2. The lowest BCUT2D eigenvalue weighted by atomic mass is 10.0. The summed E-state index contributed by atoms with van der Waals surface area (Å²) in [5.41, 5.74) is 2.67. The molecule has 6 nitrogen and oxygen atoms in total. The predicted octanol–water partition coefficient (Wildman–Crippen LogP) is 3.49. The number of amides is 2. The van der Waals surface area contributed by atoms with Gasteiger partial charge in [0.15, 0.2) is 0 Å². The van der Waals surface area contributed by atoms with Gasteiger partial charge in [0.05, 0.1) is 17.7 Å². The van der Waals surface area contributed by atoms with Gasteiger partial charge in [-0.3, -0.25) is 9.59 Å². The van der Waals surface area contributed by atoms with Crippen molar-refractivity contribution < 1.29 is 14.3 Å². The maximum atomic E-state index is 12.8. The first-order valence-electron chi connectivity index (χ1n) is 10.3. The van der Waals surface area contributed by atoms with Crippen LogP contribution in [0, 0.1) is 17.2 Å². The summed E-state index contributed by atoms with van der Waals surface area (Å²) >= 11 is 0. The third-order valence-corrected chi connectivity index (χ3v) is 5.53. The Labute approximate surface area is 183 Å². The molecule has 0 spiro atoms. The van der Waals surface area contributed by atoms with Crippen LogP contribution < -0.4 is 4.74 Å². The van der Waals surface area contributed by atoms with Crippen molar-refractivity contribution in [1.82, 2.24) is 9.80 Å². The maximum absolute atomic E-state index is 12.8. The topological polar surface area (TPSA) is 73.6 Å². The molecular weight excluding hydrogens is 390 g/mol. The van der Waals surface area contributed by atoms with Crippen LogP contribution in [0.2, 0.25) is 0 Å². The van der Waals surface area contributed by atoms with Crippen LogP contribution in [0.15, 0.2) is 61.2 Å². The molecule has 160 valence electrons. The lowest BCUT2D eigenvalue weighted by Gasteiger charge is -2.25. The molecule has 31 heavy (non-hydrogen) atoms. The van der Waals surface area contributed by atoms with E-state index in [1.165, 1.54) is 4.90 Å². The molecule has 2 aromatic carbocycles. The van der Waals surface area contributed by atoms with Gasteiger partial charge < -0.3 is 14.5 Å².